The molecule has 0 aliphatic heterocycles. The van der Waals surface area contributed by atoms with Crippen molar-refractivity contribution < 1.29 is 5.11 Å². The molecule has 2 rings (SSSR count). The maximum absolute atomic E-state index is 10.6. The summed E-state index contributed by atoms with van der Waals surface area (Å²) >= 11 is 6.17. The standard InChI is InChI=1S/C15H25ClN2O/c1-3-5-11-6-8-12(9-7-11)15(19)14-13(16)10-17-18(14)4-2/h10-12,15,19H,3-9H2,1-2H3. The molecule has 19 heavy (non-hydrogen) atoms. The van der Waals surface area contributed by atoms with E-state index in [1.807, 2.05) is 11.6 Å². The van der Waals surface area contributed by atoms with Crippen molar-refractivity contribution in [2.24, 2.45) is 11.8 Å². The molecule has 1 fully saturated rings. The second-order valence-electron chi connectivity index (χ2n) is 5.71. The van der Waals surface area contributed by atoms with E-state index in [1.54, 1.807) is 6.20 Å². The van der Waals surface area contributed by atoms with Crippen molar-refractivity contribution in [1.82, 2.24) is 9.78 Å². The Morgan fingerprint density at radius 3 is 2.63 bits per heavy atom. The van der Waals surface area contributed by atoms with Crippen LogP contribution in [0.15, 0.2) is 6.20 Å². The van der Waals surface area contributed by atoms with Gasteiger partial charge >= 0.3 is 0 Å². The Bertz CT molecular complexity index is 397. The van der Waals surface area contributed by atoms with Crippen molar-refractivity contribution in [1.29, 1.82) is 0 Å². The highest BCUT2D eigenvalue weighted by Crippen LogP contribution is 2.39. The van der Waals surface area contributed by atoms with Crippen LogP contribution in [-0.4, -0.2) is 14.9 Å². The summed E-state index contributed by atoms with van der Waals surface area (Å²) in [6.07, 6.45) is 8.49. The average molecular weight is 285 g/mol. The maximum Gasteiger partial charge on any atom is 0.0999 e. The fraction of sp³-hybridized carbons (Fsp3) is 0.800. The first-order valence-electron chi connectivity index (χ1n) is 7.56. The summed E-state index contributed by atoms with van der Waals surface area (Å²) in [6.45, 7) is 5.03. The van der Waals surface area contributed by atoms with E-state index in [0.717, 1.165) is 31.0 Å². The number of aryl methyl sites for hydroxylation is 1. The molecule has 108 valence electrons. The van der Waals surface area contributed by atoms with Gasteiger partial charge in [0.2, 0.25) is 0 Å². The Balaban J connectivity index is 2.01. The highest BCUT2D eigenvalue weighted by atomic mass is 35.5. The lowest BCUT2D eigenvalue weighted by atomic mass is 9.77. The molecule has 1 atom stereocenters. The van der Waals surface area contributed by atoms with E-state index in [-0.39, 0.29) is 0 Å². The van der Waals surface area contributed by atoms with E-state index in [1.165, 1.54) is 25.7 Å². The number of rotatable bonds is 5. The number of aromatic nitrogens is 2. The summed E-state index contributed by atoms with van der Waals surface area (Å²) in [5.41, 5.74) is 0.808. The Morgan fingerprint density at radius 1 is 1.37 bits per heavy atom. The van der Waals surface area contributed by atoms with Crippen LogP contribution in [0.2, 0.25) is 5.02 Å². The third-order valence-electron chi connectivity index (χ3n) is 4.45. The number of hydrogen-bond acceptors (Lipinski definition) is 2. The summed E-state index contributed by atoms with van der Waals surface area (Å²) in [7, 11) is 0. The fourth-order valence-electron chi connectivity index (χ4n) is 3.34. The van der Waals surface area contributed by atoms with Gasteiger partial charge in [0, 0.05) is 6.54 Å². The SMILES string of the molecule is CCCC1CCC(C(O)c2c(Cl)cnn2CC)CC1. The fourth-order valence-corrected chi connectivity index (χ4v) is 3.60. The molecular weight excluding hydrogens is 260 g/mol. The van der Waals surface area contributed by atoms with Gasteiger partial charge in [-0.25, -0.2) is 0 Å². The smallest absolute Gasteiger partial charge is 0.0999 e. The minimum absolute atomic E-state index is 0.340. The van der Waals surface area contributed by atoms with Gasteiger partial charge in [-0.2, -0.15) is 5.10 Å². The van der Waals surface area contributed by atoms with Crippen LogP contribution in [0.4, 0.5) is 0 Å². The van der Waals surface area contributed by atoms with Crippen LogP contribution in [0.25, 0.3) is 0 Å². The normalized spacial score (nSPS) is 25.5. The Hall–Kier alpha value is -0.540. The molecular formula is C15H25ClN2O. The minimum atomic E-state index is -0.461. The van der Waals surface area contributed by atoms with E-state index in [9.17, 15) is 5.11 Å². The quantitative estimate of drug-likeness (QED) is 0.880. The highest BCUT2D eigenvalue weighted by molar-refractivity contribution is 6.31. The van der Waals surface area contributed by atoms with E-state index >= 15 is 0 Å². The third kappa shape index (κ3) is 3.32. The molecule has 1 heterocycles. The van der Waals surface area contributed by atoms with Gasteiger partial charge in [-0.15, -0.1) is 0 Å². The second-order valence-corrected chi connectivity index (χ2v) is 6.12. The summed E-state index contributed by atoms with van der Waals surface area (Å²) in [4.78, 5) is 0. The summed E-state index contributed by atoms with van der Waals surface area (Å²) in [6, 6.07) is 0. The highest BCUT2D eigenvalue weighted by Gasteiger charge is 2.30. The van der Waals surface area contributed by atoms with Crippen LogP contribution in [0.5, 0.6) is 0 Å². The van der Waals surface area contributed by atoms with Crippen LogP contribution >= 0.6 is 11.6 Å². The first-order valence-corrected chi connectivity index (χ1v) is 7.94. The predicted octanol–water partition coefficient (Wildman–Crippen LogP) is 4.20. The molecule has 1 aromatic heterocycles. The van der Waals surface area contributed by atoms with Crippen LogP contribution in [-0.2, 0) is 6.54 Å². The van der Waals surface area contributed by atoms with Crippen molar-refractivity contribution in [3.8, 4) is 0 Å². The van der Waals surface area contributed by atoms with Gasteiger partial charge in [-0.05, 0) is 31.6 Å². The molecule has 0 bridgehead atoms. The van der Waals surface area contributed by atoms with E-state index in [2.05, 4.69) is 12.0 Å². The zero-order valence-electron chi connectivity index (χ0n) is 12.0. The van der Waals surface area contributed by atoms with Crippen LogP contribution in [0, 0.1) is 11.8 Å². The van der Waals surface area contributed by atoms with Crippen molar-refractivity contribution in [2.45, 2.75) is 65.0 Å². The molecule has 3 nitrogen and oxygen atoms in total. The predicted molar refractivity (Wildman–Crippen MR) is 78.2 cm³/mol. The zero-order chi connectivity index (χ0) is 13.8. The summed E-state index contributed by atoms with van der Waals surface area (Å²) < 4.78 is 1.82. The molecule has 0 spiro atoms. The van der Waals surface area contributed by atoms with Crippen molar-refractivity contribution in [3.63, 3.8) is 0 Å². The van der Waals surface area contributed by atoms with Gasteiger partial charge in [-0.3, -0.25) is 4.68 Å². The molecule has 1 aliphatic carbocycles. The largest absolute Gasteiger partial charge is 0.386 e. The topological polar surface area (TPSA) is 38.1 Å². The monoisotopic (exact) mass is 284 g/mol. The molecule has 0 saturated heterocycles. The van der Waals surface area contributed by atoms with Crippen molar-refractivity contribution in [3.05, 3.63) is 16.9 Å². The molecule has 1 N–H and O–H groups in total. The van der Waals surface area contributed by atoms with E-state index < -0.39 is 6.10 Å². The number of aliphatic hydroxyl groups excluding tert-OH is 1. The molecule has 0 aromatic carbocycles. The van der Waals surface area contributed by atoms with Crippen LogP contribution in [0.1, 0.15) is 64.2 Å². The van der Waals surface area contributed by atoms with Crippen LogP contribution in [0.3, 0.4) is 0 Å². The lowest BCUT2D eigenvalue weighted by Gasteiger charge is -2.31. The molecule has 1 saturated carbocycles. The summed E-state index contributed by atoms with van der Waals surface area (Å²) in [5, 5.41) is 15.4. The van der Waals surface area contributed by atoms with Crippen molar-refractivity contribution >= 4 is 11.6 Å². The maximum atomic E-state index is 10.6. The number of hydrogen-bond donors (Lipinski definition) is 1. The molecule has 0 radical (unpaired) electrons. The second kappa shape index (κ2) is 6.76. The lowest BCUT2D eigenvalue weighted by molar-refractivity contribution is 0.0652. The van der Waals surface area contributed by atoms with E-state index in [4.69, 9.17) is 11.6 Å². The molecule has 0 amide bonds. The number of aliphatic hydroxyl groups is 1. The van der Waals surface area contributed by atoms with Gasteiger partial charge in [-0.1, -0.05) is 44.2 Å². The van der Waals surface area contributed by atoms with Crippen molar-refractivity contribution in [2.75, 3.05) is 0 Å². The van der Waals surface area contributed by atoms with Crippen LogP contribution < -0.4 is 0 Å². The van der Waals surface area contributed by atoms with Gasteiger partial charge in [0.05, 0.1) is 23.0 Å². The molecule has 1 aliphatic rings. The molecule has 4 heteroatoms. The first-order chi connectivity index (χ1) is 9.17. The Kier molecular flexibility index (Phi) is 5.28. The third-order valence-corrected chi connectivity index (χ3v) is 4.74. The Morgan fingerprint density at radius 2 is 2.05 bits per heavy atom. The Labute approximate surface area is 121 Å². The van der Waals surface area contributed by atoms with Gasteiger partial charge in [0.25, 0.3) is 0 Å². The minimum Gasteiger partial charge on any atom is -0.386 e. The van der Waals surface area contributed by atoms with Gasteiger partial charge in [0.1, 0.15) is 0 Å². The van der Waals surface area contributed by atoms with Gasteiger partial charge < -0.3 is 5.11 Å². The van der Waals surface area contributed by atoms with E-state index in [0.29, 0.717) is 10.9 Å². The molecule has 1 unspecified atom stereocenters. The zero-order valence-corrected chi connectivity index (χ0v) is 12.7. The average Bonchev–Trinajstić information content (AvgIpc) is 2.80. The summed E-state index contributed by atoms with van der Waals surface area (Å²) in [5.74, 6) is 1.20. The number of halogens is 1. The van der Waals surface area contributed by atoms with Gasteiger partial charge in [0.15, 0.2) is 0 Å². The lowest BCUT2D eigenvalue weighted by Crippen LogP contribution is -2.22. The number of nitrogens with zero attached hydrogens (tertiary/aromatic N) is 2. The molecule has 1 aromatic rings. The first kappa shape index (κ1) is 14.9.